The maximum Gasteiger partial charge on any atom is 0.271 e. The first kappa shape index (κ1) is 12.2. The second-order valence-electron chi connectivity index (χ2n) is 4.08. The third-order valence-corrected chi connectivity index (χ3v) is 4.11. The van der Waals surface area contributed by atoms with Gasteiger partial charge in [0.05, 0.1) is 22.9 Å². The van der Waals surface area contributed by atoms with Crippen LogP contribution in [0.1, 0.15) is 34.2 Å². The highest BCUT2D eigenvalue weighted by Gasteiger charge is 2.16. The van der Waals surface area contributed by atoms with Gasteiger partial charge in [-0.3, -0.25) is 4.79 Å². The average molecular weight is 293 g/mol. The summed E-state index contributed by atoms with van der Waals surface area (Å²) in [6, 6.07) is -0.177. The van der Waals surface area contributed by atoms with Crippen LogP contribution in [-0.2, 0) is 0 Å². The van der Waals surface area contributed by atoms with Gasteiger partial charge in [0, 0.05) is 5.38 Å². The van der Waals surface area contributed by atoms with Gasteiger partial charge in [0.1, 0.15) is 11.2 Å². The van der Waals surface area contributed by atoms with Gasteiger partial charge in [-0.1, -0.05) is 11.3 Å². The molecule has 1 N–H and O–H groups in total. The molecule has 0 aliphatic carbocycles. The van der Waals surface area contributed by atoms with Crippen LogP contribution in [0.15, 0.2) is 17.1 Å². The summed E-state index contributed by atoms with van der Waals surface area (Å²) in [6.45, 7) is 3.77. The number of imidazole rings is 1. The first-order valence-corrected chi connectivity index (χ1v) is 7.41. The van der Waals surface area contributed by atoms with Crippen LogP contribution in [0.4, 0.5) is 0 Å². The van der Waals surface area contributed by atoms with Gasteiger partial charge in [0.15, 0.2) is 0 Å². The van der Waals surface area contributed by atoms with Gasteiger partial charge in [-0.05, 0) is 13.8 Å². The quantitative estimate of drug-likeness (QED) is 0.802. The first-order valence-electron chi connectivity index (χ1n) is 5.65. The van der Waals surface area contributed by atoms with Crippen LogP contribution < -0.4 is 5.32 Å². The Bertz CT molecular complexity index is 700. The molecule has 0 aliphatic heterocycles. The molecule has 0 saturated heterocycles. The van der Waals surface area contributed by atoms with E-state index in [9.17, 15) is 4.79 Å². The standard InChI is InChI=1S/C11H11N5OS2/c1-6(8-3-16-11(15-8)19-5-12-16)13-10(17)9-4-18-7(2)14-9/h3-6H,1-2H3,(H,13,17)/t6-/m0/s1. The number of nitrogens with one attached hydrogen (secondary N) is 1. The second kappa shape index (κ2) is 4.71. The predicted octanol–water partition coefficient (Wildman–Crippen LogP) is 2.05. The summed E-state index contributed by atoms with van der Waals surface area (Å²) in [6.07, 6.45) is 1.82. The van der Waals surface area contributed by atoms with Crippen LogP contribution in [0.3, 0.4) is 0 Å². The Morgan fingerprint density at radius 1 is 1.42 bits per heavy atom. The van der Waals surface area contributed by atoms with Crippen LogP contribution in [0.25, 0.3) is 4.96 Å². The Hall–Kier alpha value is -1.80. The maximum atomic E-state index is 12.0. The lowest BCUT2D eigenvalue weighted by Gasteiger charge is -2.09. The number of carbonyl (C=O) groups excluding carboxylic acids is 1. The number of hydrogen-bond acceptors (Lipinski definition) is 6. The first-order chi connectivity index (χ1) is 9.13. The molecule has 3 aromatic rings. The van der Waals surface area contributed by atoms with E-state index in [1.807, 2.05) is 20.0 Å². The van der Waals surface area contributed by atoms with Crippen molar-refractivity contribution in [2.45, 2.75) is 19.9 Å². The van der Waals surface area contributed by atoms with E-state index in [0.717, 1.165) is 15.7 Å². The summed E-state index contributed by atoms with van der Waals surface area (Å²) in [7, 11) is 0. The van der Waals surface area contributed by atoms with E-state index in [1.54, 1.807) is 15.4 Å². The van der Waals surface area contributed by atoms with Crippen molar-refractivity contribution < 1.29 is 4.79 Å². The van der Waals surface area contributed by atoms with Gasteiger partial charge < -0.3 is 5.32 Å². The molecule has 0 aliphatic rings. The number of carbonyl (C=O) groups is 1. The minimum atomic E-state index is -0.179. The minimum Gasteiger partial charge on any atom is -0.343 e. The number of aryl methyl sites for hydroxylation is 1. The monoisotopic (exact) mass is 293 g/mol. The van der Waals surface area contributed by atoms with Gasteiger partial charge in [0.2, 0.25) is 4.96 Å². The van der Waals surface area contributed by atoms with E-state index in [2.05, 4.69) is 20.4 Å². The van der Waals surface area contributed by atoms with Crippen molar-refractivity contribution in [3.63, 3.8) is 0 Å². The fourth-order valence-electron chi connectivity index (χ4n) is 1.68. The lowest BCUT2D eigenvalue weighted by Crippen LogP contribution is -2.27. The molecule has 0 radical (unpaired) electrons. The van der Waals surface area contributed by atoms with Crippen molar-refractivity contribution in [3.05, 3.63) is 33.5 Å². The second-order valence-corrected chi connectivity index (χ2v) is 5.95. The average Bonchev–Trinajstić information content (AvgIpc) is 3.02. The molecule has 0 saturated carbocycles. The van der Waals surface area contributed by atoms with Crippen molar-refractivity contribution in [2.75, 3.05) is 0 Å². The fraction of sp³-hybridized carbons (Fsp3) is 0.273. The topological polar surface area (TPSA) is 72.2 Å². The maximum absolute atomic E-state index is 12.0. The van der Waals surface area contributed by atoms with Crippen LogP contribution in [-0.4, -0.2) is 25.5 Å². The van der Waals surface area contributed by atoms with Crippen molar-refractivity contribution in [3.8, 4) is 0 Å². The van der Waals surface area contributed by atoms with E-state index < -0.39 is 0 Å². The third kappa shape index (κ3) is 2.36. The molecule has 3 rings (SSSR count). The SMILES string of the molecule is Cc1nc(C(=O)N[C@@H](C)c2cn3ncsc3n2)cs1. The zero-order valence-corrected chi connectivity index (χ0v) is 12.0. The lowest BCUT2D eigenvalue weighted by molar-refractivity contribution is 0.0934. The molecule has 3 aromatic heterocycles. The van der Waals surface area contributed by atoms with Gasteiger partial charge in [-0.2, -0.15) is 5.10 Å². The zero-order valence-electron chi connectivity index (χ0n) is 10.3. The van der Waals surface area contributed by atoms with Crippen LogP contribution in [0.5, 0.6) is 0 Å². The lowest BCUT2D eigenvalue weighted by atomic mass is 10.2. The Morgan fingerprint density at radius 3 is 2.95 bits per heavy atom. The van der Waals surface area contributed by atoms with E-state index in [-0.39, 0.29) is 11.9 Å². The number of rotatable bonds is 3. The number of nitrogens with zero attached hydrogens (tertiary/aromatic N) is 4. The molecule has 19 heavy (non-hydrogen) atoms. The van der Waals surface area contributed by atoms with E-state index in [1.165, 1.54) is 22.7 Å². The van der Waals surface area contributed by atoms with Crippen LogP contribution in [0.2, 0.25) is 0 Å². The van der Waals surface area contributed by atoms with Gasteiger partial charge >= 0.3 is 0 Å². The molecule has 0 fully saturated rings. The summed E-state index contributed by atoms with van der Waals surface area (Å²) in [4.78, 5) is 21.4. The van der Waals surface area contributed by atoms with Crippen molar-refractivity contribution >= 4 is 33.5 Å². The highest BCUT2D eigenvalue weighted by Crippen LogP contribution is 2.16. The molecule has 1 atom stereocenters. The van der Waals surface area contributed by atoms with E-state index in [0.29, 0.717) is 5.69 Å². The number of aromatic nitrogens is 4. The van der Waals surface area contributed by atoms with E-state index in [4.69, 9.17) is 0 Å². The van der Waals surface area contributed by atoms with Gasteiger partial charge in [-0.25, -0.2) is 14.5 Å². The molecular formula is C11H11N5OS2. The highest BCUT2D eigenvalue weighted by atomic mass is 32.1. The third-order valence-electron chi connectivity index (χ3n) is 2.65. The number of thiazole rings is 1. The molecule has 0 unspecified atom stereocenters. The number of fused-ring (bicyclic) bond motifs is 1. The molecule has 3 heterocycles. The van der Waals surface area contributed by atoms with Crippen molar-refractivity contribution in [2.24, 2.45) is 0 Å². The summed E-state index contributed by atoms with van der Waals surface area (Å²) in [5.74, 6) is -0.179. The molecule has 6 nitrogen and oxygen atoms in total. The van der Waals surface area contributed by atoms with Crippen LogP contribution >= 0.6 is 22.7 Å². The normalized spacial score (nSPS) is 12.7. The Morgan fingerprint density at radius 2 is 2.26 bits per heavy atom. The Kier molecular flexibility index (Phi) is 3.03. The van der Waals surface area contributed by atoms with Gasteiger partial charge in [0.25, 0.3) is 5.91 Å². The van der Waals surface area contributed by atoms with E-state index >= 15 is 0 Å². The summed E-state index contributed by atoms with van der Waals surface area (Å²) >= 11 is 2.92. The Labute approximate surface area is 117 Å². The van der Waals surface area contributed by atoms with Crippen molar-refractivity contribution in [1.29, 1.82) is 0 Å². The summed E-state index contributed by atoms with van der Waals surface area (Å²) in [5, 5.41) is 9.63. The molecule has 0 spiro atoms. The predicted molar refractivity (Wildman–Crippen MR) is 73.6 cm³/mol. The minimum absolute atomic E-state index is 0.177. The molecule has 0 bridgehead atoms. The summed E-state index contributed by atoms with van der Waals surface area (Å²) < 4.78 is 1.70. The van der Waals surface area contributed by atoms with Gasteiger partial charge in [-0.15, -0.1) is 11.3 Å². The number of amides is 1. The molecule has 8 heteroatoms. The van der Waals surface area contributed by atoms with Crippen LogP contribution in [0, 0.1) is 6.92 Å². The molecule has 1 amide bonds. The smallest absolute Gasteiger partial charge is 0.271 e. The highest BCUT2D eigenvalue weighted by molar-refractivity contribution is 7.14. The largest absolute Gasteiger partial charge is 0.343 e. The van der Waals surface area contributed by atoms with Crippen molar-refractivity contribution in [1.82, 2.24) is 24.9 Å². The fourth-order valence-corrected chi connectivity index (χ4v) is 2.88. The number of hydrogen-bond donors (Lipinski definition) is 1. The molecule has 0 aromatic carbocycles. The zero-order chi connectivity index (χ0) is 13.4. The summed E-state index contributed by atoms with van der Waals surface area (Å²) in [5.41, 5.74) is 2.97. The molecule has 98 valence electrons. The Balaban J connectivity index is 1.75. The molecular weight excluding hydrogens is 282 g/mol.